The van der Waals surface area contributed by atoms with E-state index in [1.54, 1.807) is 6.92 Å². The zero-order valence-electron chi connectivity index (χ0n) is 12.0. The van der Waals surface area contributed by atoms with Gasteiger partial charge in [-0.2, -0.15) is 0 Å². The summed E-state index contributed by atoms with van der Waals surface area (Å²) < 4.78 is 0. The van der Waals surface area contributed by atoms with Gasteiger partial charge in [0, 0.05) is 6.04 Å². The Balaban J connectivity index is 0.000000199. The van der Waals surface area contributed by atoms with Crippen LogP contribution < -0.4 is 5.73 Å². The Morgan fingerprint density at radius 1 is 1.00 bits per heavy atom. The van der Waals surface area contributed by atoms with E-state index in [0.29, 0.717) is 32.7 Å². The zero-order valence-corrected chi connectivity index (χ0v) is 13.7. The minimum absolute atomic E-state index is 0.425. The summed E-state index contributed by atoms with van der Waals surface area (Å²) in [7, 11) is 0. The third-order valence-corrected chi connectivity index (χ3v) is 6.63. The van der Waals surface area contributed by atoms with Gasteiger partial charge in [-0.25, -0.2) is 0 Å². The van der Waals surface area contributed by atoms with Crippen molar-refractivity contribution >= 4 is 20.7 Å². The van der Waals surface area contributed by atoms with Crippen LogP contribution in [0.2, 0.25) is 10.6 Å². The van der Waals surface area contributed by atoms with Crippen LogP contribution in [0.25, 0.3) is 0 Å². The van der Waals surface area contributed by atoms with Crippen LogP contribution in [0.4, 0.5) is 0 Å². The normalized spacial score (nSPS) is 29.3. The van der Waals surface area contributed by atoms with Crippen LogP contribution >= 0.6 is 0 Å². The maximum atomic E-state index is 11.2. The Kier molecular flexibility index (Phi) is 8.21. The second-order valence-corrected chi connectivity index (χ2v) is 7.93. The van der Waals surface area contributed by atoms with E-state index in [2.05, 4.69) is 5.82 Å². The molecule has 0 saturated heterocycles. The summed E-state index contributed by atoms with van der Waals surface area (Å²) in [6.45, 7) is 1.76. The van der Waals surface area contributed by atoms with Crippen molar-refractivity contribution in [3.05, 3.63) is 0 Å². The summed E-state index contributed by atoms with van der Waals surface area (Å²) in [5.74, 6) is 3.12. The predicted octanol–water partition coefficient (Wildman–Crippen LogP) is 3.58. The van der Waals surface area contributed by atoms with Crippen molar-refractivity contribution < 1.29 is 4.79 Å². The molecule has 0 aromatic rings. The van der Waals surface area contributed by atoms with Gasteiger partial charge in [0.2, 0.25) is 0 Å². The Labute approximate surface area is 119 Å². The van der Waals surface area contributed by atoms with Crippen LogP contribution in [0.5, 0.6) is 0 Å². The first-order valence-electron chi connectivity index (χ1n) is 7.44. The molecule has 18 heavy (non-hydrogen) atoms. The van der Waals surface area contributed by atoms with E-state index in [-0.39, 0.29) is 0 Å². The van der Waals surface area contributed by atoms with Crippen molar-refractivity contribution in [1.82, 2.24) is 0 Å². The van der Waals surface area contributed by atoms with Crippen molar-refractivity contribution in [3.63, 3.8) is 0 Å². The second-order valence-electron chi connectivity index (χ2n) is 5.67. The molecule has 0 heterocycles. The molecule has 0 aromatic heterocycles. The van der Waals surface area contributed by atoms with Crippen molar-refractivity contribution in [2.75, 3.05) is 0 Å². The van der Waals surface area contributed by atoms with Gasteiger partial charge in [-0.05, 0) is 12.8 Å². The molecule has 0 bridgehead atoms. The Morgan fingerprint density at radius 2 is 1.56 bits per heavy atom. The van der Waals surface area contributed by atoms with Gasteiger partial charge in [0.25, 0.3) is 0 Å². The minimum atomic E-state index is 0.425. The fourth-order valence-corrected chi connectivity index (χ4v) is 5.20. The van der Waals surface area contributed by atoms with Crippen LogP contribution in [-0.2, 0) is 4.79 Å². The molecule has 2 rings (SSSR count). The van der Waals surface area contributed by atoms with Crippen LogP contribution in [0.15, 0.2) is 0 Å². The Bertz CT molecular complexity index is 239. The second kappa shape index (κ2) is 9.12. The molecule has 0 aliphatic heterocycles. The van der Waals surface area contributed by atoms with Crippen molar-refractivity contribution in [1.29, 1.82) is 0 Å². The summed E-state index contributed by atoms with van der Waals surface area (Å²) in [6, 6.07) is 0.536. The monoisotopic (exact) mass is 319 g/mol. The van der Waals surface area contributed by atoms with Crippen molar-refractivity contribution in [3.8, 4) is 0 Å². The van der Waals surface area contributed by atoms with Gasteiger partial charge in [-0.1, -0.05) is 19.3 Å². The summed E-state index contributed by atoms with van der Waals surface area (Å²) in [4.78, 5) is 11.9. The third-order valence-electron chi connectivity index (χ3n) is 4.18. The molecular formula is C15H29NOSe. The maximum absolute atomic E-state index is 11.2. The minimum Gasteiger partial charge on any atom is -0.328 e. The van der Waals surface area contributed by atoms with Crippen molar-refractivity contribution in [2.45, 2.75) is 81.4 Å². The number of Topliss-reactive ketones (excluding diaryl/α,β-unsaturated/α-hetero) is 1. The fraction of sp³-hybridized carbons (Fsp3) is 0.933. The smallest absolute Gasteiger partial charge is 0.00388 e. The van der Waals surface area contributed by atoms with Gasteiger partial charge < -0.3 is 5.73 Å². The molecule has 2 atom stereocenters. The number of carbonyl (C=O) groups is 1. The van der Waals surface area contributed by atoms with Gasteiger partial charge in [0.15, 0.2) is 0 Å². The van der Waals surface area contributed by atoms with E-state index in [4.69, 9.17) is 5.73 Å². The number of nitrogens with two attached hydrogens (primary N) is 1. The van der Waals surface area contributed by atoms with Crippen LogP contribution in [-0.4, -0.2) is 26.8 Å². The largest absolute Gasteiger partial charge is 0.328 e. The van der Waals surface area contributed by atoms with Crippen LogP contribution in [0.3, 0.4) is 0 Å². The summed E-state index contributed by atoms with van der Waals surface area (Å²) in [5, 5.41) is 0. The molecule has 2 unspecified atom stereocenters. The van der Waals surface area contributed by atoms with E-state index in [0.717, 1.165) is 11.2 Å². The number of hydrogen-bond acceptors (Lipinski definition) is 2. The molecular weight excluding hydrogens is 289 g/mol. The molecule has 0 amide bonds. The Morgan fingerprint density at radius 3 is 1.94 bits per heavy atom. The van der Waals surface area contributed by atoms with Gasteiger partial charge in [0.1, 0.15) is 0 Å². The fourth-order valence-electron chi connectivity index (χ4n) is 2.98. The molecule has 106 valence electrons. The maximum Gasteiger partial charge on any atom is 0.00388 e. The predicted molar refractivity (Wildman–Crippen MR) is 79.1 cm³/mol. The van der Waals surface area contributed by atoms with Gasteiger partial charge in [0.05, 0.1) is 0 Å². The zero-order chi connectivity index (χ0) is 13.4. The van der Waals surface area contributed by atoms with Gasteiger partial charge >= 0.3 is 74.7 Å². The van der Waals surface area contributed by atoms with Crippen LogP contribution in [0.1, 0.15) is 64.7 Å². The quantitative estimate of drug-likeness (QED) is 0.791. The first-order chi connectivity index (χ1) is 8.65. The van der Waals surface area contributed by atoms with E-state index < -0.39 is 0 Å². The average molecular weight is 318 g/mol. The molecule has 2 nitrogen and oxygen atoms in total. The number of ketones is 1. The Hall–Kier alpha value is 0.149. The van der Waals surface area contributed by atoms with Gasteiger partial charge in [-0.15, -0.1) is 0 Å². The summed E-state index contributed by atoms with van der Waals surface area (Å²) >= 11 is 0.677. The van der Waals surface area contributed by atoms with E-state index in [9.17, 15) is 4.79 Å². The third kappa shape index (κ3) is 5.86. The van der Waals surface area contributed by atoms with E-state index in [1.165, 1.54) is 51.4 Å². The number of carbonyl (C=O) groups excluding carboxylic acids is 1. The van der Waals surface area contributed by atoms with Crippen molar-refractivity contribution in [2.24, 2.45) is 11.7 Å². The standard InChI is InChI=1S/C9H16OSe.C6H13N/c1-7(10)8-5-3-4-6-9(8)11-2;7-6-4-2-1-3-5-6/h8-9H,3-6H2,1-2H3;6H,1-5,7H2. The first kappa shape index (κ1) is 16.2. The SMILES string of the molecule is C[Se]C1CCCCC1C(C)=O.NC1CCCCC1. The molecule has 0 radical (unpaired) electrons. The number of rotatable bonds is 2. The summed E-state index contributed by atoms with van der Waals surface area (Å²) in [6.07, 6.45) is 11.8. The molecule has 2 saturated carbocycles. The first-order valence-corrected chi connectivity index (χ1v) is 10.1. The molecule has 2 N–H and O–H groups in total. The van der Waals surface area contributed by atoms with E-state index in [1.807, 2.05) is 0 Å². The van der Waals surface area contributed by atoms with Gasteiger partial charge in [-0.3, -0.25) is 0 Å². The van der Waals surface area contributed by atoms with E-state index >= 15 is 0 Å². The molecule has 2 fully saturated rings. The molecule has 0 aromatic carbocycles. The molecule has 2 aliphatic rings. The molecule has 0 spiro atoms. The molecule has 2 aliphatic carbocycles. The topological polar surface area (TPSA) is 43.1 Å². The average Bonchev–Trinajstić information content (AvgIpc) is 2.40. The van der Waals surface area contributed by atoms with Crippen LogP contribution in [0, 0.1) is 5.92 Å². The molecule has 3 heteroatoms. The number of hydrogen-bond donors (Lipinski definition) is 1. The summed E-state index contributed by atoms with van der Waals surface area (Å²) in [5.41, 5.74) is 5.63.